The van der Waals surface area contributed by atoms with Crippen molar-refractivity contribution in [2.45, 2.75) is 53.2 Å². The number of allylic oxidation sites excluding steroid dienone is 1. The van der Waals surface area contributed by atoms with E-state index >= 15 is 0 Å². The number of hydrogen-bond acceptors (Lipinski definition) is 4. The molecule has 0 aliphatic rings. The molecule has 0 heterocycles. The van der Waals surface area contributed by atoms with Crippen molar-refractivity contribution in [3.8, 4) is 11.1 Å². The highest BCUT2D eigenvalue weighted by Gasteiger charge is 2.36. The number of nitrogens with one attached hydrogen (secondary N) is 1. The predicted octanol–water partition coefficient (Wildman–Crippen LogP) is 6.43. The molecule has 0 fully saturated rings. The molecule has 3 rings (SSSR count). The maximum Gasteiger partial charge on any atom is 0.329 e. The Morgan fingerprint density at radius 1 is 0.949 bits per heavy atom. The van der Waals surface area contributed by atoms with E-state index < -0.39 is 35.2 Å². The second-order valence-electron chi connectivity index (χ2n) is 10.8. The van der Waals surface area contributed by atoms with Gasteiger partial charge in [-0.1, -0.05) is 112 Å². The fourth-order valence-corrected chi connectivity index (χ4v) is 4.30. The number of carboxylic acid groups (broad SMARTS) is 1. The van der Waals surface area contributed by atoms with E-state index in [-0.39, 0.29) is 19.4 Å². The molecule has 0 aliphatic heterocycles. The van der Waals surface area contributed by atoms with Crippen molar-refractivity contribution < 1.29 is 24.2 Å². The van der Waals surface area contributed by atoms with Gasteiger partial charge in [-0.3, -0.25) is 9.59 Å². The van der Waals surface area contributed by atoms with E-state index in [1.54, 1.807) is 0 Å². The second kappa shape index (κ2) is 13.6. The van der Waals surface area contributed by atoms with Crippen LogP contribution in [0.25, 0.3) is 17.2 Å². The maximum atomic E-state index is 13.2. The summed E-state index contributed by atoms with van der Waals surface area (Å²) < 4.78 is 5.49. The Hall–Kier alpha value is -4.19. The van der Waals surface area contributed by atoms with Gasteiger partial charge in [0.2, 0.25) is 5.91 Å². The normalized spacial score (nSPS) is 13.0. The van der Waals surface area contributed by atoms with E-state index in [9.17, 15) is 19.5 Å². The molecule has 3 aromatic rings. The third-order valence-corrected chi connectivity index (χ3v) is 6.47. The van der Waals surface area contributed by atoms with Crippen molar-refractivity contribution in [1.29, 1.82) is 0 Å². The lowest BCUT2D eigenvalue weighted by molar-refractivity contribution is -0.153. The van der Waals surface area contributed by atoms with Crippen molar-refractivity contribution in [3.05, 3.63) is 102 Å². The Bertz CT molecular complexity index is 1290. The summed E-state index contributed by atoms with van der Waals surface area (Å²) in [5.41, 5.74) is 4.56. The Morgan fingerprint density at radius 2 is 1.59 bits per heavy atom. The minimum Gasteiger partial charge on any atom is -0.481 e. The predicted molar refractivity (Wildman–Crippen MR) is 154 cm³/mol. The third-order valence-electron chi connectivity index (χ3n) is 6.47. The van der Waals surface area contributed by atoms with E-state index in [4.69, 9.17) is 4.74 Å². The molecule has 0 saturated carbocycles. The number of carbonyl (C=O) groups is 3. The van der Waals surface area contributed by atoms with Crippen LogP contribution in [-0.4, -0.2) is 29.0 Å². The van der Waals surface area contributed by atoms with Gasteiger partial charge in [0.15, 0.2) is 0 Å². The molecule has 0 saturated heterocycles. The van der Waals surface area contributed by atoms with Gasteiger partial charge in [0, 0.05) is 0 Å². The number of aliphatic carboxylic acids is 1. The zero-order chi connectivity index (χ0) is 28.4. The van der Waals surface area contributed by atoms with Crippen molar-refractivity contribution in [1.82, 2.24) is 5.32 Å². The van der Waals surface area contributed by atoms with Gasteiger partial charge in [-0.15, -0.1) is 0 Å². The summed E-state index contributed by atoms with van der Waals surface area (Å²) in [7, 11) is 0. The highest BCUT2D eigenvalue weighted by molar-refractivity contribution is 5.88. The number of ether oxygens (including phenoxy) is 1. The molecule has 6 heteroatoms. The van der Waals surface area contributed by atoms with Crippen LogP contribution in [0.15, 0.2) is 84.9 Å². The SMILES string of the molecule is Cc1cc(C=CC[C@H](CC(=O)O)C(=O)N[C@H](C(=O)OCc2ccccc2)C(C)(C)C)ccc1-c1ccccc1. The third kappa shape index (κ3) is 8.95. The van der Waals surface area contributed by atoms with E-state index in [1.807, 2.05) is 94.4 Å². The summed E-state index contributed by atoms with van der Waals surface area (Å²) in [4.78, 5) is 37.7. The van der Waals surface area contributed by atoms with Crippen molar-refractivity contribution in [3.63, 3.8) is 0 Å². The van der Waals surface area contributed by atoms with Crippen LogP contribution < -0.4 is 5.32 Å². The Labute approximate surface area is 230 Å². The largest absolute Gasteiger partial charge is 0.481 e. The molecular weight excluding hydrogens is 490 g/mol. The lowest BCUT2D eigenvalue weighted by atomic mass is 9.86. The molecule has 2 atom stereocenters. The average molecular weight is 528 g/mol. The molecule has 0 spiro atoms. The van der Waals surface area contributed by atoms with Crippen LogP contribution in [0.2, 0.25) is 0 Å². The lowest BCUT2D eigenvalue weighted by Gasteiger charge is -2.30. The minimum atomic E-state index is -1.08. The fraction of sp³-hybridized carbons (Fsp3) is 0.303. The van der Waals surface area contributed by atoms with Crippen molar-refractivity contribution >= 4 is 23.9 Å². The molecule has 0 aliphatic carbocycles. The van der Waals surface area contributed by atoms with E-state index in [0.717, 1.165) is 27.8 Å². The summed E-state index contributed by atoms with van der Waals surface area (Å²) in [5.74, 6) is -2.96. The lowest BCUT2D eigenvalue weighted by Crippen LogP contribution is -2.51. The van der Waals surface area contributed by atoms with Gasteiger partial charge < -0.3 is 15.2 Å². The molecule has 3 aromatic carbocycles. The van der Waals surface area contributed by atoms with Gasteiger partial charge in [0.25, 0.3) is 0 Å². The summed E-state index contributed by atoms with van der Waals surface area (Å²) in [6.07, 6.45) is 3.56. The van der Waals surface area contributed by atoms with E-state index in [2.05, 4.69) is 29.6 Å². The van der Waals surface area contributed by atoms with Crippen molar-refractivity contribution in [2.75, 3.05) is 0 Å². The quantitative estimate of drug-likeness (QED) is 0.280. The molecule has 0 radical (unpaired) electrons. The number of carbonyl (C=O) groups excluding carboxylic acids is 2. The van der Waals surface area contributed by atoms with E-state index in [0.29, 0.717) is 0 Å². The zero-order valence-electron chi connectivity index (χ0n) is 23.0. The summed E-state index contributed by atoms with van der Waals surface area (Å²) in [6, 6.07) is 24.6. The minimum absolute atomic E-state index is 0.0892. The number of esters is 1. The first kappa shape index (κ1) is 29.4. The highest BCUT2D eigenvalue weighted by Crippen LogP contribution is 2.25. The summed E-state index contributed by atoms with van der Waals surface area (Å²) in [5, 5.41) is 12.2. The maximum absolute atomic E-state index is 13.2. The molecule has 6 nitrogen and oxygen atoms in total. The van der Waals surface area contributed by atoms with Crippen LogP contribution in [0, 0.1) is 18.3 Å². The van der Waals surface area contributed by atoms with Gasteiger partial charge >= 0.3 is 11.9 Å². The Kier molecular flexibility index (Phi) is 10.2. The first-order chi connectivity index (χ1) is 18.5. The van der Waals surface area contributed by atoms with Crippen LogP contribution in [0.3, 0.4) is 0 Å². The molecular formula is C33H37NO5. The molecule has 2 N–H and O–H groups in total. The van der Waals surface area contributed by atoms with Crippen LogP contribution in [0.4, 0.5) is 0 Å². The number of carboxylic acids is 1. The Morgan fingerprint density at radius 3 is 2.18 bits per heavy atom. The smallest absolute Gasteiger partial charge is 0.329 e. The van der Waals surface area contributed by atoms with E-state index in [1.165, 1.54) is 0 Å². The fourth-order valence-electron chi connectivity index (χ4n) is 4.30. The summed E-state index contributed by atoms with van der Waals surface area (Å²) >= 11 is 0. The number of aryl methyl sites for hydroxylation is 1. The average Bonchev–Trinajstić information content (AvgIpc) is 2.90. The van der Waals surface area contributed by atoms with Crippen LogP contribution in [-0.2, 0) is 25.7 Å². The van der Waals surface area contributed by atoms with Gasteiger partial charge in [0.05, 0.1) is 12.3 Å². The van der Waals surface area contributed by atoms with Crippen LogP contribution >= 0.6 is 0 Å². The Balaban J connectivity index is 1.68. The molecule has 0 bridgehead atoms. The molecule has 0 aromatic heterocycles. The summed E-state index contributed by atoms with van der Waals surface area (Å²) in [6.45, 7) is 7.62. The molecule has 39 heavy (non-hydrogen) atoms. The number of rotatable bonds is 11. The van der Waals surface area contributed by atoms with Crippen molar-refractivity contribution in [2.24, 2.45) is 11.3 Å². The monoisotopic (exact) mass is 527 g/mol. The molecule has 1 amide bonds. The van der Waals surface area contributed by atoms with Gasteiger partial charge in [0.1, 0.15) is 12.6 Å². The van der Waals surface area contributed by atoms with Gasteiger partial charge in [-0.05, 0) is 46.6 Å². The number of hydrogen-bond donors (Lipinski definition) is 2. The van der Waals surface area contributed by atoms with Crippen LogP contribution in [0.1, 0.15) is 50.3 Å². The number of benzene rings is 3. The topological polar surface area (TPSA) is 92.7 Å². The number of amides is 1. The standard InChI is InChI=1S/C33H37NO5/c1-23-20-24(18-19-28(23)26-15-9-6-10-16-26)14-11-17-27(21-29(35)36)31(37)34-30(33(2,3)4)32(38)39-22-25-12-7-5-8-13-25/h5-16,18-20,27,30H,17,21-22H2,1-4H3,(H,34,37)(H,35,36)/t27-,30-/m1/s1. The molecule has 204 valence electrons. The first-order valence-corrected chi connectivity index (χ1v) is 13.1. The van der Waals surface area contributed by atoms with Crippen LogP contribution in [0.5, 0.6) is 0 Å². The van der Waals surface area contributed by atoms with Gasteiger partial charge in [-0.25, -0.2) is 4.79 Å². The highest BCUT2D eigenvalue weighted by atomic mass is 16.5. The molecule has 0 unspecified atom stereocenters. The first-order valence-electron chi connectivity index (χ1n) is 13.1. The second-order valence-corrected chi connectivity index (χ2v) is 10.8. The van der Waals surface area contributed by atoms with Gasteiger partial charge in [-0.2, -0.15) is 0 Å². The zero-order valence-corrected chi connectivity index (χ0v) is 23.0.